The minimum absolute atomic E-state index is 0.156. The average molecular weight is 243 g/mol. The third kappa shape index (κ3) is 5.04. The molecule has 0 heterocycles. The maximum atomic E-state index is 11.0. The monoisotopic (exact) mass is 243 g/mol. The Morgan fingerprint density at radius 1 is 1.41 bits per heavy atom. The van der Waals surface area contributed by atoms with Crippen molar-refractivity contribution in [1.29, 1.82) is 0 Å². The zero-order valence-corrected chi connectivity index (χ0v) is 11.1. The van der Waals surface area contributed by atoms with Crippen molar-refractivity contribution in [3.63, 3.8) is 0 Å². The van der Waals surface area contributed by atoms with Crippen molar-refractivity contribution in [2.24, 2.45) is 5.92 Å². The van der Waals surface area contributed by atoms with Gasteiger partial charge in [0.1, 0.15) is 6.04 Å². The van der Waals surface area contributed by atoms with Gasteiger partial charge in [0.2, 0.25) is 0 Å². The molecule has 1 fully saturated rings. The highest BCUT2D eigenvalue weighted by Crippen LogP contribution is 2.26. The van der Waals surface area contributed by atoms with Crippen LogP contribution in [0.1, 0.15) is 46.5 Å². The SMILES string of the molecule is CC(C)NC(COC1CCCCC1C)C(=O)O. The highest BCUT2D eigenvalue weighted by Gasteiger charge is 2.25. The molecule has 1 rings (SSSR count). The van der Waals surface area contributed by atoms with E-state index in [1.165, 1.54) is 19.3 Å². The fourth-order valence-corrected chi connectivity index (χ4v) is 2.34. The van der Waals surface area contributed by atoms with Gasteiger partial charge in [0.25, 0.3) is 0 Å². The number of nitrogens with one attached hydrogen (secondary N) is 1. The Kier molecular flexibility index (Phi) is 5.92. The second-order valence-electron chi connectivity index (χ2n) is 5.35. The predicted molar refractivity (Wildman–Crippen MR) is 67.1 cm³/mol. The van der Waals surface area contributed by atoms with Gasteiger partial charge in [-0.2, -0.15) is 0 Å². The van der Waals surface area contributed by atoms with Crippen molar-refractivity contribution in [1.82, 2.24) is 5.32 Å². The Morgan fingerprint density at radius 2 is 2.06 bits per heavy atom. The molecule has 1 saturated carbocycles. The molecule has 0 spiro atoms. The summed E-state index contributed by atoms with van der Waals surface area (Å²) in [4.78, 5) is 11.0. The Hall–Kier alpha value is -0.610. The van der Waals surface area contributed by atoms with Crippen LogP contribution in [0.4, 0.5) is 0 Å². The maximum absolute atomic E-state index is 11.0. The first-order chi connectivity index (χ1) is 8.00. The normalized spacial score (nSPS) is 27.1. The molecule has 0 aliphatic heterocycles. The smallest absolute Gasteiger partial charge is 0.323 e. The average Bonchev–Trinajstić information content (AvgIpc) is 2.25. The third-order valence-electron chi connectivity index (χ3n) is 3.34. The summed E-state index contributed by atoms with van der Waals surface area (Å²) in [5.41, 5.74) is 0. The predicted octanol–water partition coefficient (Wildman–Crippen LogP) is 2.03. The largest absolute Gasteiger partial charge is 0.480 e. The topological polar surface area (TPSA) is 58.6 Å². The van der Waals surface area contributed by atoms with E-state index in [2.05, 4.69) is 12.2 Å². The van der Waals surface area contributed by atoms with Gasteiger partial charge in [0, 0.05) is 6.04 Å². The number of carbonyl (C=O) groups is 1. The second kappa shape index (κ2) is 6.97. The van der Waals surface area contributed by atoms with Gasteiger partial charge < -0.3 is 15.2 Å². The van der Waals surface area contributed by atoms with Crippen LogP contribution in [0.3, 0.4) is 0 Å². The summed E-state index contributed by atoms with van der Waals surface area (Å²) in [6.07, 6.45) is 4.97. The van der Waals surface area contributed by atoms with E-state index >= 15 is 0 Å². The minimum Gasteiger partial charge on any atom is -0.480 e. The van der Waals surface area contributed by atoms with Gasteiger partial charge in [-0.05, 0) is 18.8 Å². The van der Waals surface area contributed by atoms with E-state index in [1.54, 1.807) is 0 Å². The maximum Gasteiger partial charge on any atom is 0.323 e. The van der Waals surface area contributed by atoms with Crippen molar-refractivity contribution in [2.75, 3.05) is 6.61 Å². The fraction of sp³-hybridized carbons (Fsp3) is 0.923. The lowest BCUT2D eigenvalue weighted by atomic mass is 9.88. The number of ether oxygens (including phenoxy) is 1. The molecule has 0 bridgehead atoms. The van der Waals surface area contributed by atoms with Crippen molar-refractivity contribution in [2.45, 2.75) is 64.6 Å². The summed E-state index contributed by atoms with van der Waals surface area (Å²) in [6, 6.07) is -0.437. The van der Waals surface area contributed by atoms with Gasteiger partial charge in [-0.1, -0.05) is 33.6 Å². The highest BCUT2D eigenvalue weighted by atomic mass is 16.5. The van der Waals surface area contributed by atoms with Crippen LogP contribution in [0, 0.1) is 5.92 Å². The molecule has 3 unspecified atom stereocenters. The summed E-state index contributed by atoms with van der Waals surface area (Å²) in [5, 5.41) is 12.1. The van der Waals surface area contributed by atoms with Gasteiger partial charge >= 0.3 is 5.97 Å². The molecule has 0 saturated heterocycles. The van der Waals surface area contributed by atoms with E-state index < -0.39 is 12.0 Å². The van der Waals surface area contributed by atoms with Crippen LogP contribution in [0.5, 0.6) is 0 Å². The van der Waals surface area contributed by atoms with E-state index in [0.717, 1.165) is 6.42 Å². The number of carboxylic acids is 1. The lowest BCUT2D eigenvalue weighted by Gasteiger charge is -2.30. The van der Waals surface area contributed by atoms with Crippen molar-refractivity contribution in [3.05, 3.63) is 0 Å². The summed E-state index contributed by atoms with van der Waals surface area (Å²) >= 11 is 0. The molecule has 0 aromatic heterocycles. The van der Waals surface area contributed by atoms with Crippen LogP contribution in [-0.4, -0.2) is 35.9 Å². The van der Waals surface area contributed by atoms with E-state index in [9.17, 15) is 4.79 Å². The molecule has 17 heavy (non-hydrogen) atoms. The third-order valence-corrected chi connectivity index (χ3v) is 3.34. The molecule has 3 atom stereocenters. The number of aliphatic carboxylic acids is 1. The minimum atomic E-state index is -0.831. The first-order valence-electron chi connectivity index (χ1n) is 6.61. The van der Waals surface area contributed by atoms with Crippen LogP contribution in [0.25, 0.3) is 0 Å². The van der Waals surface area contributed by atoms with Crippen LogP contribution in [0.2, 0.25) is 0 Å². The van der Waals surface area contributed by atoms with Crippen molar-refractivity contribution in [3.8, 4) is 0 Å². The Labute approximate surface area is 104 Å². The van der Waals surface area contributed by atoms with Gasteiger partial charge in [0.15, 0.2) is 0 Å². The molecule has 0 radical (unpaired) electrons. The van der Waals surface area contributed by atoms with E-state index in [-0.39, 0.29) is 18.8 Å². The highest BCUT2D eigenvalue weighted by molar-refractivity contribution is 5.73. The number of rotatable bonds is 6. The van der Waals surface area contributed by atoms with Crippen LogP contribution in [-0.2, 0) is 9.53 Å². The summed E-state index contributed by atoms with van der Waals surface area (Å²) in [7, 11) is 0. The molecule has 100 valence electrons. The summed E-state index contributed by atoms with van der Waals surface area (Å²) in [6.45, 7) is 6.34. The molecule has 4 nitrogen and oxygen atoms in total. The fourth-order valence-electron chi connectivity index (χ4n) is 2.34. The number of hydrogen-bond acceptors (Lipinski definition) is 3. The van der Waals surface area contributed by atoms with Gasteiger partial charge in [-0.15, -0.1) is 0 Å². The first-order valence-corrected chi connectivity index (χ1v) is 6.61. The van der Waals surface area contributed by atoms with Gasteiger partial charge in [0.05, 0.1) is 12.7 Å². The van der Waals surface area contributed by atoms with Crippen LogP contribution in [0.15, 0.2) is 0 Å². The summed E-state index contributed by atoms with van der Waals surface area (Å²) in [5.74, 6) is -0.278. The van der Waals surface area contributed by atoms with Crippen molar-refractivity contribution >= 4 is 5.97 Å². The zero-order valence-electron chi connectivity index (χ0n) is 11.1. The molecular formula is C13H25NO3. The Bertz CT molecular complexity index is 243. The molecule has 0 aromatic carbocycles. The first kappa shape index (κ1) is 14.5. The van der Waals surface area contributed by atoms with E-state index in [4.69, 9.17) is 9.84 Å². The van der Waals surface area contributed by atoms with Crippen molar-refractivity contribution < 1.29 is 14.6 Å². The van der Waals surface area contributed by atoms with Crippen LogP contribution >= 0.6 is 0 Å². The van der Waals surface area contributed by atoms with E-state index in [1.807, 2.05) is 13.8 Å². The Balaban J connectivity index is 2.37. The van der Waals surface area contributed by atoms with Gasteiger partial charge in [-0.25, -0.2) is 0 Å². The van der Waals surface area contributed by atoms with Gasteiger partial charge in [-0.3, -0.25) is 4.79 Å². The molecular weight excluding hydrogens is 218 g/mol. The lowest BCUT2D eigenvalue weighted by Crippen LogP contribution is -2.45. The van der Waals surface area contributed by atoms with E-state index in [0.29, 0.717) is 5.92 Å². The summed E-state index contributed by atoms with van der Waals surface area (Å²) < 4.78 is 5.78. The molecule has 0 aromatic rings. The van der Waals surface area contributed by atoms with Crippen LogP contribution < -0.4 is 5.32 Å². The molecule has 2 N–H and O–H groups in total. The molecule has 0 amide bonds. The molecule has 4 heteroatoms. The number of carboxylic acid groups (broad SMARTS) is 1. The molecule has 1 aliphatic rings. The standard InChI is InChI=1S/C13H25NO3/c1-9(2)14-11(13(15)16)8-17-12-7-5-4-6-10(12)3/h9-12,14H,4-8H2,1-3H3,(H,15,16). The molecule has 1 aliphatic carbocycles. The second-order valence-corrected chi connectivity index (χ2v) is 5.35. The number of hydrogen-bond donors (Lipinski definition) is 2. The quantitative estimate of drug-likeness (QED) is 0.749. The lowest BCUT2D eigenvalue weighted by molar-refractivity contribution is -0.142. The zero-order chi connectivity index (χ0) is 12.8. The Morgan fingerprint density at radius 3 is 2.59 bits per heavy atom.